The lowest BCUT2D eigenvalue weighted by atomic mass is 9.32. The zero-order valence-electron chi connectivity index (χ0n) is 29.5. The Kier molecular flexibility index (Phi) is 8.44. The lowest BCUT2D eigenvalue weighted by Crippen LogP contribution is -2.68. The molecule has 4 unspecified atom stereocenters. The first-order valence-corrected chi connectivity index (χ1v) is 17.5. The first kappa shape index (κ1) is 34.1. The van der Waals surface area contributed by atoms with Crippen molar-refractivity contribution in [1.82, 2.24) is 0 Å². The molecule has 6 heteroatoms. The van der Waals surface area contributed by atoms with Crippen LogP contribution in [0, 0.1) is 69.0 Å². The minimum absolute atomic E-state index is 0.0141. The molecule has 0 spiro atoms. The average molecular weight is 623 g/mol. The zero-order chi connectivity index (χ0) is 33.4. The molecule has 0 bridgehead atoms. The Balaban J connectivity index is 1.52. The van der Waals surface area contributed by atoms with E-state index in [1.807, 2.05) is 13.8 Å². The number of hydrogen-bond donors (Lipinski definition) is 0. The third-order valence-corrected chi connectivity index (χ3v) is 14.8. The van der Waals surface area contributed by atoms with Crippen LogP contribution in [-0.2, 0) is 28.6 Å². The molecule has 5 saturated carbocycles. The maximum atomic E-state index is 14.2. The van der Waals surface area contributed by atoms with E-state index in [0.29, 0.717) is 17.8 Å². The highest BCUT2D eigenvalue weighted by molar-refractivity contribution is 5.79. The monoisotopic (exact) mass is 622 g/mol. The predicted octanol–water partition coefficient (Wildman–Crippen LogP) is 8.07. The third kappa shape index (κ3) is 5.00. The maximum Gasteiger partial charge on any atom is 0.313 e. The molecule has 45 heavy (non-hydrogen) atoms. The molecular weight excluding hydrogens is 564 g/mol. The second-order valence-electron chi connectivity index (χ2n) is 17.3. The Labute approximate surface area is 272 Å². The predicted molar refractivity (Wildman–Crippen MR) is 174 cm³/mol. The molecule has 0 heterocycles. The SMILES string of the molecule is C#CC(C)(C)OC(=O)[C@]12CC[C@@H](C(=C)C)C1C1CCC3[C@@]4(C)CC[C@H](OC(C)=O)[C@@](C)(COC(C)=O)C4CC[C@@]3(C)[C@]1(C)CC2. The van der Waals surface area contributed by atoms with E-state index in [2.05, 4.69) is 47.1 Å². The van der Waals surface area contributed by atoms with Gasteiger partial charge in [-0.3, -0.25) is 14.4 Å². The number of ether oxygens (including phenoxy) is 3. The largest absolute Gasteiger partial charge is 0.465 e. The summed E-state index contributed by atoms with van der Waals surface area (Å²) < 4.78 is 17.8. The van der Waals surface area contributed by atoms with Crippen LogP contribution in [0.5, 0.6) is 0 Å². The molecule has 0 aromatic heterocycles. The van der Waals surface area contributed by atoms with Crippen molar-refractivity contribution in [3.05, 3.63) is 12.2 Å². The van der Waals surface area contributed by atoms with E-state index in [9.17, 15) is 14.4 Å². The van der Waals surface area contributed by atoms with Crippen LogP contribution in [0.3, 0.4) is 0 Å². The first-order chi connectivity index (χ1) is 20.8. The number of carbonyl (C=O) groups is 3. The first-order valence-electron chi connectivity index (χ1n) is 17.5. The van der Waals surface area contributed by atoms with Crippen LogP contribution in [0.4, 0.5) is 0 Å². The van der Waals surface area contributed by atoms with Gasteiger partial charge in [0.05, 0.1) is 5.41 Å². The van der Waals surface area contributed by atoms with Crippen LogP contribution in [0.1, 0.15) is 127 Å². The normalized spacial score (nSPS) is 45.4. The summed E-state index contributed by atoms with van der Waals surface area (Å²) in [6.07, 6.45) is 15.2. The smallest absolute Gasteiger partial charge is 0.313 e. The van der Waals surface area contributed by atoms with Crippen molar-refractivity contribution < 1.29 is 28.6 Å². The van der Waals surface area contributed by atoms with Gasteiger partial charge in [-0.15, -0.1) is 6.42 Å². The van der Waals surface area contributed by atoms with Gasteiger partial charge in [0, 0.05) is 19.3 Å². The summed E-state index contributed by atoms with van der Waals surface area (Å²) in [7, 11) is 0. The molecule has 0 aromatic carbocycles. The number of esters is 3. The van der Waals surface area contributed by atoms with Gasteiger partial charge in [-0.2, -0.15) is 0 Å². The summed E-state index contributed by atoms with van der Waals surface area (Å²) in [6, 6.07) is 0. The zero-order valence-corrected chi connectivity index (χ0v) is 29.5. The Hall–Kier alpha value is -2.29. The standard InChI is InChI=1S/C39H58O6/c1-12-34(6,7)45-33(42)39-20-15-27(24(2)3)32(39)28-13-14-30-35(8)18-17-31(44-26(5)41)36(9,23-43-25(4)40)29(35)16-19-38(30,11)37(28,10)21-22-39/h1,27-32H,2,13-23H2,3-11H3/t27-,28?,29?,30?,31-,32?,35-,36-,37+,38+,39-/m0/s1. The van der Waals surface area contributed by atoms with Crippen LogP contribution in [-0.4, -0.2) is 36.2 Å². The molecule has 5 fully saturated rings. The van der Waals surface area contributed by atoms with E-state index in [1.54, 1.807) is 0 Å². The van der Waals surface area contributed by atoms with E-state index >= 15 is 0 Å². The van der Waals surface area contributed by atoms with Crippen LogP contribution < -0.4 is 0 Å². The van der Waals surface area contributed by atoms with Crippen LogP contribution in [0.15, 0.2) is 12.2 Å². The van der Waals surface area contributed by atoms with Crippen molar-refractivity contribution in [2.24, 2.45) is 56.7 Å². The summed E-state index contributed by atoms with van der Waals surface area (Å²) >= 11 is 0. The molecule has 0 amide bonds. The van der Waals surface area contributed by atoms with Gasteiger partial charge in [-0.1, -0.05) is 45.8 Å². The molecule has 11 atom stereocenters. The van der Waals surface area contributed by atoms with Gasteiger partial charge < -0.3 is 14.2 Å². The van der Waals surface area contributed by atoms with E-state index < -0.39 is 16.4 Å². The van der Waals surface area contributed by atoms with E-state index in [0.717, 1.165) is 64.2 Å². The number of hydrogen-bond acceptors (Lipinski definition) is 6. The number of terminal acetylenes is 1. The molecule has 250 valence electrons. The van der Waals surface area contributed by atoms with Crippen molar-refractivity contribution >= 4 is 17.9 Å². The van der Waals surface area contributed by atoms with Crippen LogP contribution >= 0.6 is 0 Å². The van der Waals surface area contributed by atoms with Gasteiger partial charge in [0.15, 0.2) is 5.60 Å². The quantitative estimate of drug-likeness (QED) is 0.129. The van der Waals surface area contributed by atoms with Gasteiger partial charge in [0.1, 0.15) is 12.7 Å². The summed E-state index contributed by atoms with van der Waals surface area (Å²) in [5.41, 5.74) is -0.570. The number of carbonyl (C=O) groups excluding carboxylic acids is 3. The molecule has 0 aromatic rings. The van der Waals surface area contributed by atoms with Crippen molar-refractivity contribution in [1.29, 1.82) is 0 Å². The Morgan fingerprint density at radius 3 is 2.13 bits per heavy atom. The Morgan fingerprint density at radius 2 is 1.53 bits per heavy atom. The van der Waals surface area contributed by atoms with Gasteiger partial charge in [-0.05, 0) is 131 Å². The summed E-state index contributed by atoms with van der Waals surface area (Å²) in [6.45, 7) is 23.2. The number of fused-ring (bicyclic) bond motifs is 7. The molecular formula is C39H58O6. The molecule has 0 aliphatic heterocycles. The van der Waals surface area contributed by atoms with Gasteiger partial charge in [0.25, 0.3) is 0 Å². The molecule has 5 rings (SSSR count). The fourth-order valence-electron chi connectivity index (χ4n) is 12.5. The topological polar surface area (TPSA) is 78.9 Å². The molecule has 0 saturated heterocycles. The average Bonchev–Trinajstić information content (AvgIpc) is 3.35. The second-order valence-corrected chi connectivity index (χ2v) is 17.3. The maximum absolute atomic E-state index is 14.2. The van der Waals surface area contributed by atoms with Gasteiger partial charge >= 0.3 is 17.9 Å². The highest BCUT2D eigenvalue weighted by Gasteiger charge is 2.73. The minimum Gasteiger partial charge on any atom is -0.465 e. The third-order valence-electron chi connectivity index (χ3n) is 14.8. The highest BCUT2D eigenvalue weighted by atomic mass is 16.6. The van der Waals surface area contributed by atoms with E-state index in [4.69, 9.17) is 20.6 Å². The number of rotatable bonds is 6. The van der Waals surface area contributed by atoms with E-state index in [-0.39, 0.29) is 58.7 Å². The van der Waals surface area contributed by atoms with Gasteiger partial charge in [-0.25, -0.2) is 0 Å². The lowest BCUT2D eigenvalue weighted by Gasteiger charge is -2.72. The summed E-state index contributed by atoms with van der Waals surface area (Å²) in [4.78, 5) is 38.4. The fourth-order valence-corrected chi connectivity index (χ4v) is 12.5. The van der Waals surface area contributed by atoms with Crippen molar-refractivity contribution in [2.75, 3.05) is 6.61 Å². The van der Waals surface area contributed by atoms with Crippen molar-refractivity contribution in [2.45, 2.75) is 138 Å². The lowest BCUT2D eigenvalue weighted by molar-refractivity contribution is -0.258. The minimum atomic E-state index is -0.932. The number of allylic oxidation sites excluding steroid dienone is 1. The van der Waals surface area contributed by atoms with Crippen molar-refractivity contribution in [3.8, 4) is 12.3 Å². The van der Waals surface area contributed by atoms with Gasteiger partial charge in [0.2, 0.25) is 0 Å². The Morgan fingerprint density at radius 1 is 0.844 bits per heavy atom. The summed E-state index contributed by atoms with van der Waals surface area (Å²) in [5.74, 6) is 3.64. The van der Waals surface area contributed by atoms with Crippen molar-refractivity contribution in [3.63, 3.8) is 0 Å². The Bertz CT molecular complexity index is 1290. The molecule has 6 nitrogen and oxygen atoms in total. The summed E-state index contributed by atoms with van der Waals surface area (Å²) in [5, 5.41) is 0. The second kappa shape index (κ2) is 11.2. The van der Waals surface area contributed by atoms with E-state index in [1.165, 1.54) is 19.4 Å². The molecule has 5 aliphatic rings. The van der Waals surface area contributed by atoms with Crippen LogP contribution in [0.2, 0.25) is 0 Å². The highest BCUT2D eigenvalue weighted by Crippen LogP contribution is 2.77. The molecule has 5 aliphatic carbocycles. The van der Waals surface area contributed by atoms with Crippen LogP contribution in [0.25, 0.3) is 0 Å². The molecule has 0 radical (unpaired) electrons. The fraction of sp³-hybridized carbons (Fsp3) is 0.821. The molecule has 0 N–H and O–H groups in total.